The second-order valence-electron chi connectivity index (χ2n) is 4.75. The molecule has 3 nitrogen and oxygen atoms in total. The molecule has 1 unspecified atom stereocenters. The van der Waals surface area contributed by atoms with Gasteiger partial charge in [0.1, 0.15) is 0 Å². The lowest BCUT2D eigenvalue weighted by atomic mass is 10.1. The lowest BCUT2D eigenvalue weighted by molar-refractivity contribution is 0.0696. The number of benzene rings is 2. The van der Waals surface area contributed by atoms with Crippen LogP contribution < -0.4 is 0 Å². The molecule has 4 heteroatoms. The standard InChI is InChI=1S/C16H16O3S/c1-11-6-7-12(2)14(8-11)10-20(19)15-5-3-4-13(9-15)16(17)18/h3-9H,10H2,1-2H3,(H,17,18). The average Bonchev–Trinajstić information content (AvgIpc) is 2.43. The maximum atomic E-state index is 12.4. The van der Waals surface area contributed by atoms with Gasteiger partial charge in [-0.05, 0) is 43.2 Å². The highest BCUT2D eigenvalue weighted by Crippen LogP contribution is 2.18. The molecule has 1 N–H and O–H groups in total. The molecule has 0 spiro atoms. The second-order valence-corrected chi connectivity index (χ2v) is 6.20. The first-order chi connectivity index (χ1) is 9.47. The summed E-state index contributed by atoms with van der Waals surface area (Å²) in [6.45, 7) is 3.98. The van der Waals surface area contributed by atoms with Gasteiger partial charge in [0, 0.05) is 4.90 Å². The minimum absolute atomic E-state index is 0.164. The van der Waals surface area contributed by atoms with Gasteiger partial charge in [-0.25, -0.2) is 4.79 Å². The largest absolute Gasteiger partial charge is 0.478 e. The highest BCUT2D eigenvalue weighted by molar-refractivity contribution is 7.84. The number of hydrogen-bond donors (Lipinski definition) is 1. The number of carbonyl (C=O) groups is 1. The van der Waals surface area contributed by atoms with Gasteiger partial charge in [-0.15, -0.1) is 0 Å². The third-order valence-corrected chi connectivity index (χ3v) is 4.49. The number of rotatable bonds is 4. The van der Waals surface area contributed by atoms with Gasteiger partial charge in [0.05, 0.1) is 22.1 Å². The van der Waals surface area contributed by atoms with Crippen molar-refractivity contribution in [3.8, 4) is 0 Å². The SMILES string of the molecule is Cc1ccc(C)c(CS(=O)c2cccc(C(=O)O)c2)c1. The molecule has 0 fully saturated rings. The Balaban J connectivity index is 2.26. The van der Waals surface area contributed by atoms with Crippen molar-refractivity contribution >= 4 is 16.8 Å². The van der Waals surface area contributed by atoms with Crippen LogP contribution in [0, 0.1) is 13.8 Å². The summed E-state index contributed by atoms with van der Waals surface area (Å²) >= 11 is 0. The molecule has 2 aromatic carbocycles. The smallest absolute Gasteiger partial charge is 0.335 e. The monoisotopic (exact) mass is 288 g/mol. The van der Waals surface area contributed by atoms with Crippen molar-refractivity contribution in [2.24, 2.45) is 0 Å². The fraction of sp³-hybridized carbons (Fsp3) is 0.188. The van der Waals surface area contributed by atoms with Gasteiger partial charge in [0.15, 0.2) is 0 Å². The van der Waals surface area contributed by atoms with E-state index in [4.69, 9.17) is 5.11 Å². The van der Waals surface area contributed by atoms with E-state index in [0.717, 1.165) is 16.7 Å². The van der Waals surface area contributed by atoms with E-state index in [1.807, 2.05) is 32.0 Å². The van der Waals surface area contributed by atoms with Crippen molar-refractivity contribution in [3.05, 3.63) is 64.7 Å². The van der Waals surface area contributed by atoms with Gasteiger partial charge in [-0.1, -0.05) is 29.8 Å². The van der Waals surface area contributed by atoms with Crippen LogP contribution in [-0.2, 0) is 16.6 Å². The zero-order chi connectivity index (χ0) is 14.7. The van der Waals surface area contributed by atoms with Gasteiger partial charge in [0.25, 0.3) is 0 Å². The molecule has 2 rings (SSSR count). The molecule has 0 saturated carbocycles. The molecule has 0 bridgehead atoms. The minimum atomic E-state index is -1.24. The van der Waals surface area contributed by atoms with Crippen LogP contribution in [-0.4, -0.2) is 15.3 Å². The van der Waals surface area contributed by atoms with Crippen LogP contribution >= 0.6 is 0 Å². The van der Waals surface area contributed by atoms with Crippen LogP contribution in [0.5, 0.6) is 0 Å². The third kappa shape index (κ3) is 3.33. The van der Waals surface area contributed by atoms with Crippen molar-refractivity contribution in [2.45, 2.75) is 24.5 Å². The Morgan fingerprint density at radius 1 is 1.15 bits per heavy atom. The van der Waals surface area contributed by atoms with Gasteiger partial charge < -0.3 is 5.11 Å². The van der Waals surface area contributed by atoms with E-state index in [1.165, 1.54) is 12.1 Å². The van der Waals surface area contributed by atoms with Gasteiger partial charge >= 0.3 is 5.97 Å². The second kappa shape index (κ2) is 6.01. The van der Waals surface area contributed by atoms with E-state index in [-0.39, 0.29) is 5.56 Å². The van der Waals surface area contributed by atoms with Crippen LogP contribution in [0.25, 0.3) is 0 Å². The Bertz CT molecular complexity index is 677. The fourth-order valence-electron chi connectivity index (χ4n) is 1.95. The maximum Gasteiger partial charge on any atom is 0.335 e. The van der Waals surface area contributed by atoms with Crippen LogP contribution in [0.4, 0.5) is 0 Å². The quantitative estimate of drug-likeness (QED) is 0.939. The summed E-state index contributed by atoms with van der Waals surface area (Å²) < 4.78 is 12.4. The molecule has 0 radical (unpaired) electrons. The van der Waals surface area contributed by atoms with Crippen LogP contribution in [0.15, 0.2) is 47.4 Å². The average molecular weight is 288 g/mol. The number of carboxylic acid groups (broad SMARTS) is 1. The Hall–Kier alpha value is -1.94. The molecule has 0 amide bonds. The number of aryl methyl sites for hydroxylation is 2. The molecule has 104 valence electrons. The zero-order valence-electron chi connectivity index (χ0n) is 11.4. The van der Waals surface area contributed by atoms with Crippen molar-refractivity contribution in [2.75, 3.05) is 0 Å². The molecule has 1 atom stereocenters. The highest BCUT2D eigenvalue weighted by Gasteiger charge is 2.10. The van der Waals surface area contributed by atoms with E-state index in [2.05, 4.69) is 0 Å². The number of aromatic carboxylic acids is 1. The van der Waals surface area contributed by atoms with E-state index in [0.29, 0.717) is 10.6 Å². The molecule has 0 aliphatic rings. The summed E-state index contributed by atoms with van der Waals surface area (Å²) in [5.74, 6) is -0.605. The number of carboxylic acids is 1. The summed E-state index contributed by atoms with van der Waals surface area (Å²) in [7, 11) is -1.24. The van der Waals surface area contributed by atoms with Crippen molar-refractivity contribution < 1.29 is 14.1 Å². The van der Waals surface area contributed by atoms with Crippen LogP contribution in [0.1, 0.15) is 27.0 Å². The Morgan fingerprint density at radius 3 is 2.60 bits per heavy atom. The molecule has 0 aliphatic carbocycles. The summed E-state index contributed by atoms with van der Waals surface area (Å²) in [6, 6.07) is 12.4. The van der Waals surface area contributed by atoms with Crippen LogP contribution in [0.2, 0.25) is 0 Å². The molecule has 2 aromatic rings. The van der Waals surface area contributed by atoms with E-state index < -0.39 is 16.8 Å². The number of hydrogen-bond acceptors (Lipinski definition) is 2. The summed E-state index contributed by atoms with van der Waals surface area (Å²) in [5, 5.41) is 8.96. The van der Waals surface area contributed by atoms with Crippen LogP contribution in [0.3, 0.4) is 0 Å². The lowest BCUT2D eigenvalue weighted by Gasteiger charge is -2.08. The van der Waals surface area contributed by atoms with Crippen molar-refractivity contribution in [3.63, 3.8) is 0 Å². The molecule has 0 aliphatic heterocycles. The first-order valence-electron chi connectivity index (χ1n) is 6.25. The van der Waals surface area contributed by atoms with Gasteiger partial charge in [-0.2, -0.15) is 0 Å². The van der Waals surface area contributed by atoms with Gasteiger partial charge in [0.2, 0.25) is 0 Å². The molecule has 20 heavy (non-hydrogen) atoms. The fourth-order valence-corrected chi connectivity index (χ4v) is 3.20. The Labute approximate surface area is 120 Å². The third-order valence-electron chi connectivity index (χ3n) is 3.14. The Morgan fingerprint density at radius 2 is 1.90 bits per heavy atom. The Kier molecular flexibility index (Phi) is 4.35. The summed E-state index contributed by atoms with van der Waals surface area (Å²) in [5.41, 5.74) is 3.42. The molecular formula is C16H16O3S. The zero-order valence-corrected chi connectivity index (χ0v) is 12.2. The van der Waals surface area contributed by atoms with E-state index in [9.17, 15) is 9.00 Å². The van der Waals surface area contributed by atoms with E-state index >= 15 is 0 Å². The predicted molar refractivity (Wildman–Crippen MR) is 79.4 cm³/mol. The molecule has 0 saturated heterocycles. The molecular weight excluding hydrogens is 272 g/mol. The normalized spacial score (nSPS) is 12.1. The highest BCUT2D eigenvalue weighted by atomic mass is 32.2. The first-order valence-corrected chi connectivity index (χ1v) is 7.57. The molecule has 0 aromatic heterocycles. The van der Waals surface area contributed by atoms with Crippen molar-refractivity contribution in [1.82, 2.24) is 0 Å². The summed E-state index contributed by atoms with van der Waals surface area (Å²) in [4.78, 5) is 11.5. The topological polar surface area (TPSA) is 54.4 Å². The van der Waals surface area contributed by atoms with Crippen molar-refractivity contribution in [1.29, 1.82) is 0 Å². The first kappa shape index (κ1) is 14.5. The predicted octanol–water partition coefficient (Wildman–Crippen LogP) is 3.31. The lowest BCUT2D eigenvalue weighted by Crippen LogP contribution is -2.02. The maximum absolute atomic E-state index is 12.4. The molecule has 0 heterocycles. The summed E-state index contributed by atoms with van der Waals surface area (Å²) in [6.07, 6.45) is 0. The van der Waals surface area contributed by atoms with Gasteiger partial charge in [-0.3, -0.25) is 4.21 Å². The minimum Gasteiger partial charge on any atom is -0.478 e. The van der Waals surface area contributed by atoms with E-state index in [1.54, 1.807) is 12.1 Å².